The molecule has 0 aliphatic rings. The van der Waals surface area contributed by atoms with Gasteiger partial charge in [0.25, 0.3) is 0 Å². The van der Waals surface area contributed by atoms with Crippen LogP contribution in [0.3, 0.4) is 0 Å². The SMILES string of the molecule is CC(=Nc1ccc2ccccc2c1)c1ccc(C(C)=Nc2ccc3ccccc3c2)s1. The molecule has 0 N–H and O–H groups in total. The molecule has 0 aliphatic heterocycles. The van der Waals surface area contributed by atoms with E-state index in [1.165, 1.54) is 21.5 Å². The summed E-state index contributed by atoms with van der Waals surface area (Å²) in [5, 5.41) is 4.89. The lowest BCUT2D eigenvalue weighted by Gasteiger charge is -2.02. The van der Waals surface area contributed by atoms with E-state index < -0.39 is 0 Å². The summed E-state index contributed by atoms with van der Waals surface area (Å²) in [6.07, 6.45) is 0. The van der Waals surface area contributed by atoms with Crippen LogP contribution in [0.5, 0.6) is 0 Å². The third-order valence-corrected chi connectivity index (χ3v) is 6.68. The van der Waals surface area contributed by atoms with Crippen LogP contribution < -0.4 is 0 Å². The molecule has 0 amide bonds. The molecule has 0 fully saturated rings. The van der Waals surface area contributed by atoms with Crippen molar-refractivity contribution in [3.63, 3.8) is 0 Å². The lowest BCUT2D eigenvalue weighted by molar-refractivity contribution is 1.51. The van der Waals surface area contributed by atoms with Crippen molar-refractivity contribution >= 4 is 55.7 Å². The summed E-state index contributed by atoms with van der Waals surface area (Å²) in [5.74, 6) is 0. The van der Waals surface area contributed by atoms with Crippen LogP contribution in [0.2, 0.25) is 0 Å². The molecule has 2 nitrogen and oxygen atoms in total. The average molecular weight is 419 g/mol. The molecule has 31 heavy (non-hydrogen) atoms. The first-order valence-electron chi connectivity index (χ1n) is 10.3. The molecule has 0 bridgehead atoms. The van der Waals surface area contributed by atoms with Crippen LogP contribution in [0.15, 0.2) is 107 Å². The van der Waals surface area contributed by atoms with Crippen molar-refractivity contribution in [1.82, 2.24) is 0 Å². The van der Waals surface area contributed by atoms with E-state index in [0.29, 0.717) is 0 Å². The fourth-order valence-electron chi connectivity index (χ4n) is 3.72. The zero-order valence-electron chi connectivity index (χ0n) is 17.5. The highest BCUT2D eigenvalue weighted by Gasteiger charge is 2.07. The second-order valence-electron chi connectivity index (χ2n) is 7.62. The maximum Gasteiger partial charge on any atom is 0.0639 e. The van der Waals surface area contributed by atoms with E-state index in [2.05, 4.69) is 111 Å². The van der Waals surface area contributed by atoms with Gasteiger partial charge in [-0.3, -0.25) is 9.98 Å². The van der Waals surface area contributed by atoms with Gasteiger partial charge in [0.1, 0.15) is 0 Å². The van der Waals surface area contributed by atoms with Gasteiger partial charge >= 0.3 is 0 Å². The van der Waals surface area contributed by atoms with E-state index >= 15 is 0 Å². The zero-order valence-corrected chi connectivity index (χ0v) is 18.4. The van der Waals surface area contributed by atoms with Gasteiger partial charge in [0.05, 0.1) is 22.8 Å². The minimum Gasteiger partial charge on any atom is -0.252 e. The molecule has 4 aromatic carbocycles. The monoisotopic (exact) mass is 418 g/mol. The number of hydrogen-bond donors (Lipinski definition) is 0. The molecule has 0 saturated carbocycles. The summed E-state index contributed by atoms with van der Waals surface area (Å²) >= 11 is 1.73. The van der Waals surface area contributed by atoms with Gasteiger partial charge in [0, 0.05) is 9.75 Å². The molecular weight excluding hydrogens is 396 g/mol. The van der Waals surface area contributed by atoms with Gasteiger partial charge < -0.3 is 0 Å². The molecular formula is C28H22N2S. The molecule has 0 aliphatic carbocycles. The maximum absolute atomic E-state index is 4.86. The van der Waals surface area contributed by atoms with Gasteiger partial charge in [-0.05, 0) is 71.8 Å². The Morgan fingerprint density at radius 3 is 1.39 bits per heavy atom. The van der Waals surface area contributed by atoms with Crippen LogP contribution in [-0.4, -0.2) is 11.4 Å². The number of aliphatic imine (C=N–C) groups is 2. The Kier molecular flexibility index (Phi) is 5.19. The fourth-order valence-corrected chi connectivity index (χ4v) is 4.61. The first kappa shape index (κ1) is 19.4. The third-order valence-electron chi connectivity index (χ3n) is 5.38. The number of nitrogens with zero attached hydrogens (tertiary/aromatic N) is 2. The molecule has 0 unspecified atom stereocenters. The summed E-state index contributed by atoms with van der Waals surface area (Å²) in [4.78, 5) is 12.0. The van der Waals surface area contributed by atoms with E-state index in [1.54, 1.807) is 11.3 Å². The Morgan fingerprint density at radius 1 is 0.516 bits per heavy atom. The lowest BCUT2D eigenvalue weighted by atomic mass is 10.1. The van der Waals surface area contributed by atoms with Crippen molar-refractivity contribution in [2.45, 2.75) is 13.8 Å². The topological polar surface area (TPSA) is 24.7 Å². The molecule has 5 aromatic rings. The van der Waals surface area contributed by atoms with Crippen LogP contribution in [0.4, 0.5) is 11.4 Å². The highest BCUT2D eigenvalue weighted by atomic mass is 32.1. The van der Waals surface area contributed by atoms with Gasteiger partial charge in [-0.15, -0.1) is 11.3 Å². The van der Waals surface area contributed by atoms with Crippen molar-refractivity contribution in [3.05, 3.63) is 107 Å². The third kappa shape index (κ3) is 4.18. The first-order chi connectivity index (χ1) is 15.2. The average Bonchev–Trinajstić information content (AvgIpc) is 3.30. The highest BCUT2D eigenvalue weighted by molar-refractivity contribution is 7.16. The second-order valence-corrected chi connectivity index (χ2v) is 8.71. The molecule has 3 heteroatoms. The molecule has 150 valence electrons. The van der Waals surface area contributed by atoms with Crippen molar-refractivity contribution in [2.75, 3.05) is 0 Å². The van der Waals surface area contributed by atoms with E-state index in [4.69, 9.17) is 9.98 Å². The predicted molar refractivity (Wildman–Crippen MR) is 136 cm³/mol. The molecule has 0 spiro atoms. The smallest absolute Gasteiger partial charge is 0.0639 e. The van der Waals surface area contributed by atoms with Gasteiger partial charge in [0.15, 0.2) is 0 Å². The van der Waals surface area contributed by atoms with E-state index in [0.717, 1.165) is 32.6 Å². The summed E-state index contributed by atoms with van der Waals surface area (Å²) in [7, 11) is 0. The molecule has 5 rings (SSSR count). The van der Waals surface area contributed by atoms with Gasteiger partial charge in [-0.1, -0.05) is 60.7 Å². The van der Waals surface area contributed by atoms with E-state index in [-0.39, 0.29) is 0 Å². The second kappa shape index (κ2) is 8.29. The van der Waals surface area contributed by atoms with Crippen molar-refractivity contribution in [1.29, 1.82) is 0 Å². The maximum atomic E-state index is 4.86. The van der Waals surface area contributed by atoms with Crippen molar-refractivity contribution in [2.24, 2.45) is 9.98 Å². The largest absolute Gasteiger partial charge is 0.252 e. The molecule has 0 saturated heterocycles. The number of rotatable bonds is 4. The minimum absolute atomic E-state index is 0.979. The minimum atomic E-state index is 0.979. The zero-order chi connectivity index (χ0) is 21.2. The van der Waals surface area contributed by atoms with E-state index in [1.807, 2.05) is 0 Å². The fraction of sp³-hybridized carbons (Fsp3) is 0.0714. The number of hydrogen-bond acceptors (Lipinski definition) is 3. The molecule has 1 heterocycles. The Balaban J connectivity index is 1.41. The molecule has 0 atom stereocenters. The quantitative estimate of drug-likeness (QED) is 0.262. The highest BCUT2D eigenvalue weighted by Crippen LogP contribution is 2.26. The van der Waals surface area contributed by atoms with Crippen LogP contribution >= 0.6 is 11.3 Å². The van der Waals surface area contributed by atoms with Crippen LogP contribution in [-0.2, 0) is 0 Å². The predicted octanol–water partition coefficient (Wildman–Crippen LogP) is 8.34. The summed E-state index contributed by atoms with van der Waals surface area (Å²) in [6.45, 7) is 4.14. The lowest BCUT2D eigenvalue weighted by Crippen LogP contribution is -1.90. The van der Waals surface area contributed by atoms with Gasteiger partial charge in [0.2, 0.25) is 0 Å². The molecule has 1 aromatic heterocycles. The normalized spacial score (nSPS) is 12.6. The van der Waals surface area contributed by atoms with Crippen LogP contribution in [0.1, 0.15) is 23.6 Å². The Labute approximate surface area is 186 Å². The number of thiophene rings is 1. The Bertz CT molecular complexity index is 1350. The summed E-state index contributed by atoms with van der Waals surface area (Å²) in [5.41, 5.74) is 4.00. The summed E-state index contributed by atoms with van der Waals surface area (Å²) in [6, 6.07) is 33.7. The summed E-state index contributed by atoms with van der Waals surface area (Å²) < 4.78 is 0. The van der Waals surface area contributed by atoms with Gasteiger partial charge in [-0.25, -0.2) is 0 Å². The van der Waals surface area contributed by atoms with Gasteiger partial charge in [-0.2, -0.15) is 0 Å². The first-order valence-corrected chi connectivity index (χ1v) is 11.2. The van der Waals surface area contributed by atoms with Crippen LogP contribution in [0.25, 0.3) is 21.5 Å². The molecule has 0 radical (unpaired) electrons. The van der Waals surface area contributed by atoms with Crippen molar-refractivity contribution in [3.8, 4) is 0 Å². The van der Waals surface area contributed by atoms with Crippen molar-refractivity contribution < 1.29 is 0 Å². The standard InChI is InChI=1S/C28H22N2S/c1-19(29-25-13-11-21-7-3-5-9-23(21)17-25)27-15-16-28(31-27)20(2)30-26-14-12-22-8-4-6-10-24(22)18-26/h3-18H,1-2H3. The Hall–Kier alpha value is -3.56. The Morgan fingerprint density at radius 2 is 0.935 bits per heavy atom. The van der Waals surface area contributed by atoms with Crippen LogP contribution in [0, 0.1) is 0 Å². The number of benzene rings is 4. The van der Waals surface area contributed by atoms with E-state index in [9.17, 15) is 0 Å². The number of fused-ring (bicyclic) bond motifs is 2.